The second-order valence-corrected chi connectivity index (χ2v) is 8.56. The molecule has 0 unspecified atom stereocenters. The van der Waals surface area contributed by atoms with Crippen LogP contribution in [0.5, 0.6) is 0 Å². The lowest BCUT2D eigenvalue weighted by atomic mass is 9.92. The predicted octanol–water partition coefficient (Wildman–Crippen LogP) is 4.32. The lowest BCUT2D eigenvalue weighted by molar-refractivity contribution is 0.102. The fourth-order valence-corrected chi connectivity index (χ4v) is 3.40. The number of aromatic nitrogens is 6. The number of carbonyl (C=O) groups is 1. The van der Waals surface area contributed by atoms with Crippen LogP contribution in [0.4, 0.5) is 5.82 Å². The molecule has 1 amide bonds. The summed E-state index contributed by atoms with van der Waals surface area (Å²) in [6.07, 6.45) is 4.78. The lowest BCUT2D eigenvalue weighted by Gasteiger charge is -2.13. The molecule has 0 aliphatic rings. The maximum atomic E-state index is 13.5. The summed E-state index contributed by atoms with van der Waals surface area (Å²) in [5.74, 6) is 0.923. The summed E-state index contributed by atoms with van der Waals surface area (Å²) in [7, 11) is 0. The topological polar surface area (TPSA) is 125 Å². The molecule has 5 aromatic heterocycles. The van der Waals surface area contributed by atoms with Gasteiger partial charge in [0.25, 0.3) is 17.6 Å². The number of rotatable bonds is 4. The van der Waals surface area contributed by atoms with Gasteiger partial charge in [-0.3, -0.25) is 4.79 Å². The van der Waals surface area contributed by atoms with Crippen LogP contribution >= 0.6 is 0 Å². The zero-order valence-electron chi connectivity index (χ0n) is 18.5. The van der Waals surface area contributed by atoms with Crippen LogP contribution in [0.3, 0.4) is 0 Å². The highest BCUT2D eigenvalue weighted by molar-refractivity contribution is 6.12. The molecule has 0 aliphatic carbocycles. The van der Waals surface area contributed by atoms with Crippen LogP contribution < -0.4 is 5.32 Å². The summed E-state index contributed by atoms with van der Waals surface area (Å²) < 4.78 is 12.3. The molecule has 5 aromatic rings. The van der Waals surface area contributed by atoms with Crippen LogP contribution in [0, 0.1) is 6.92 Å². The molecule has 5 heterocycles. The first-order chi connectivity index (χ1) is 15.8. The Balaban J connectivity index is 1.61. The van der Waals surface area contributed by atoms with Crippen molar-refractivity contribution >= 4 is 22.8 Å². The van der Waals surface area contributed by atoms with Crippen molar-refractivity contribution in [2.24, 2.45) is 0 Å². The van der Waals surface area contributed by atoms with Crippen molar-refractivity contribution in [3.63, 3.8) is 0 Å². The Morgan fingerprint density at radius 2 is 1.91 bits per heavy atom. The number of amides is 1. The van der Waals surface area contributed by atoms with Crippen molar-refractivity contribution in [1.29, 1.82) is 0 Å². The van der Waals surface area contributed by atoms with E-state index in [0.717, 1.165) is 5.69 Å². The van der Waals surface area contributed by atoms with E-state index in [0.29, 0.717) is 39.9 Å². The van der Waals surface area contributed by atoms with Gasteiger partial charge in [0.05, 0.1) is 28.6 Å². The highest BCUT2D eigenvalue weighted by atomic mass is 16.5. The van der Waals surface area contributed by atoms with Crippen molar-refractivity contribution in [1.82, 2.24) is 29.9 Å². The molecule has 10 heteroatoms. The fraction of sp³-hybridized carbons (Fsp3) is 0.217. The first-order valence-electron chi connectivity index (χ1n) is 10.3. The summed E-state index contributed by atoms with van der Waals surface area (Å²) in [5.41, 5.74) is 2.16. The Bertz CT molecular complexity index is 1450. The molecule has 1 N–H and O–H groups in total. The van der Waals surface area contributed by atoms with Gasteiger partial charge in [-0.15, -0.1) is 0 Å². The van der Waals surface area contributed by atoms with E-state index >= 15 is 0 Å². The SMILES string of the molecule is Cc1noc2nc(-c3ccco3)cc(C(=O)Nc3cc(C(C)(C)C)nn3-c3ncccn3)c12. The second-order valence-electron chi connectivity index (χ2n) is 8.56. The molecule has 0 fully saturated rings. The molecule has 5 rings (SSSR count). The van der Waals surface area contributed by atoms with Gasteiger partial charge in [0.2, 0.25) is 0 Å². The van der Waals surface area contributed by atoms with Gasteiger partial charge in [0, 0.05) is 23.9 Å². The normalized spacial score (nSPS) is 11.8. The highest BCUT2D eigenvalue weighted by Crippen LogP contribution is 2.29. The van der Waals surface area contributed by atoms with E-state index in [1.54, 1.807) is 49.8 Å². The standard InChI is InChI=1S/C23H21N7O3/c1-13-19-14(11-15(16-7-5-10-32-16)26-21(19)33-29-13)20(31)27-18-12-17(23(2,3)4)28-30(18)22-24-8-6-9-25-22/h5-12H,1-4H3,(H,27,31). The Morgan fingerprint density at radius 1 is 1.12 bits per heavy atom. The average molecular weight is 443 g/mol. The van der Waals surface area contributed by atoms with Crippen molar-refractivity contribution < 1.29 is 13.7 Å². The van der Waals surface area contributed by atoms with E-state index in [9.17, 15) is 4.79 Å². The quantitative estimate of drug-likeness (QED) is 0.435. The van der Waals surface area contributed by atoms with Crippen molar-refractivity contribution in [3.8, 4) is 17.4 Å². The molecule has 0 radical (unpaired) electrons. The summed E-state index contributed by atoms with van der Waals surface area (Å²) in [6, 6.07) is 8.70. The molecular weight excluding hydrogens is 422 g/mol. The van der Waals surface area contributed by atoms with Gasteiger partial charge in [-0.25, -0.2) is 15.0 Å². The largest absolute Gasteiger partial charge is 0.463 e. The van der Waals surface area contributed by atoms with E-state index in [4.69, 9.17) is 8.94 Å². The van der Waals surface area contributed by atoms with Crippen molar-refractivity contribution in [2.45, 2.75) is 33.1 Å². The first kappa shape index (κ1) is 20.6. The van der Waals surface area contributed by atoms with Crippen LogP contribution in [0.15, 0.2) is 57.9 Å². The third kappa shape index (κ3) is 3.75. The van der Waals surface area contributed by atoms with Crippen LogP contribution in [0.1, 0.15) is 42.5 Å². The zero-order valence-corrected chi connectivity index (χ0v) is 18.5. The minimum Gasteiger partial charge on any atom is -0.463 e. The molecular formula is C23H21N7O3. The number of fused-ring (bicyclic) bond motifs is 1. The minimum atomic E-state index is -0.376. The van der Waals surface area contributed by atoms with Crippen LogP contribution in [0.2, 0.25) is 0 Å². The maximum Gasteiger partial charge on any atom is 0.259 e. The van der Waals surface area contributed by atoms with Crippen molar-refractivity contribution in [3.05, 3.63) is 65.9 Å². The molecule has 0 aliphatic heterocycles. The molecule has 0 atom stereocenters. The molecule has 33 heavy (non-hydrogen) atoms. The van der Waals surface area contributed by atoms with Gasteiger partial charge < -0.3 is 14.3 Å². The first-order valence-corrected chi connectivity index (χ1v) is 10.3. The maximum absolute atomic E-state index is 13.5. The van der Waals surface area contributed by atoms with Gasteiger partial charge in [0.15, 0.2) is 5.76 Å². The van der Waals surface area contributed by atoms with E-state index in [2.05, 4.69) is 30.5 Å². The molecule has 0 saturated heterocycles. The fourth-order valence-electron chi connectivity index (χ4n) is 3.40. The number of furan rings is 1. The van der Waals surface area contributed by atoms with Crippen LogP contribution in [-0.2, 0) is 5.41 Å². The Morgan fingerprint density at radius 3 is 2.61 bits per heavy atom. The van der Waals surface area contributed by atoms with Gasteiger partial charge in [0.1, 0.15) is 11.5 Å². The third-order valence-corrected chi connectivity index (χ3v) is 5.10. The van der Waals surface area contributed by atoms with Gasteiger partial charge >= 0.3 is 0 Å². The van der Waals surface area contributed by atoms with Crippen LogP contribution in [-0.4, -0.2) is 35.8 Å². The van der Waals surface area contributed by atoms with E-state index in [1.165, 1.54) is 4.68 Å². The minimum absolute atomic E-state index is 0.249. The monoisotopic (exact) mass is 443 g/mol. The number of anilines is 1. The Labute approximate surface area is 188 Å². The smallest absolute Gasteiger partial charge is 0.259 e. The molecule has 10 nitrogen and oxygen atoms in total. The number of hydrogen-bond acceptors (Lipinski definition) is 8. The number of carbonyl (C=O) groups excluding carboxylic acids is 1. The third-order valence-electron chi connectivity index (χ3n) is 5.10. The Hall–Kier alpha value is -4.34. The average Bonchev–Trinajstić information content (AvgIpc) is 3.54. The molecule has 0 bridgehead atoms. The Kier molecular flexibility index (Phi) is 4.77. The van der Waals surface area contributed by atoms with Gasteiger partial charge in [-0.2, -0.15) is 9.78 Å². The number of pyridine rings is 1. The highest BCUT2D eigenvalue weighted by Gasteiger charge is 2.25. The second kappa shape index (κ2) is 7.66. The summed E-state index contributed by atoms with van der Waals surface area (Å²) in [5, 5.41) is 12.1. The number of hydrogen-bond donors (Lipinski definition) is 1. The summed E-state index contributed by atoms with van der Waals surface area (Å²) in [6.45, 7) is 7.88. The molecule has 0 aromatic carbocycles. The molecule has 166 valence electrons. The molecule has 0 saturated carbocycles. The molecule has 0 spiro atoms. The number of nitrogens with zero attached hydrogens (tertiary/aromatic N) is 6. The van der Waals surface area contributed by atoms with Gasteiger partial charge in [-0.1, -0.05) is 25.9 Å². The van der Waals surface area contributed by atoms with E-state index in [1.807, 2.05) is 26.8 Å². The predicted molar refractivity (Wildman–Crippen MR) is 120 cm³/mol. The van der Waals surface area contributed by atoms with E-state index in [-0.39, 0.29) is 17.0 Å². The number of aryl methyl sites for hydroxylation is 1. The van der Waals surface area contributed by atoms with Gasteiger partial charge in [-0.05, 0) is 31.2 Å². The number of nitrogens with one attached hydrogen (secondary N) is 1. The summed E-state index contributed by atoms with van der Waals surface area (Å²) in [4.78, 5) is 26.5. The zero-order chi connectivity index (χ0) is 23.2. The lowest BCUT2D eigenvalue weighted by Crippen LogP contribution is -2.17. The van der Waals surface area contributed by atoms with Crippen molar-refractivity contribution in [2.75, 3.05) is 5.32 Å². The van der Waals surface area contributed by atoms with Crippen LogP contribution in [0.25, 0.3) is 28.5 Å². The van der Waals surface area contributed by atoms with E-state index < -0.39 is 0 Å². The summed E-state index contributed by atoms with van der Waals surface area (Å²) >= 11 is 0.